The van der Waals surface area contributed by atoms with E-state index in [1.54, 1.807) is 36.2 Å². The van der Waals surface area contributed by atoms with Crippen LogP contribution in [-0.2, 0) is 11.2 Å². The van der Waals surface area contributed by atoms with E-state index in [1.807, 2.05) is 12.3 Å². The molecule has 0 saturated heterocycles. The quantitative estimate of drug-likeness (QED) is 0.425. The fourth-order valence-corrected chi connectivity index (χ4v) is 5.48. The van der Waals surface area contributed by atoms with Gasteiger partial charge in [0.25, 0.3) is 0 Å². The Morgan fingerprint density at radius 3 is 2.56 bits per heavy atom. The van der Waals surface area contributed by atoms with Gasteiger partial charge in [-0.3, -0.25) is 4.98 Å². The number of halogens is 2. The molecule has 1 aromatic carbocycles. The van der Waals surface area contributed by atoms with Gasteiger partial charge in [0.2, 0.25) is 0 Å². The first-order chi connectivity index (χ1) is 17.4. The van der Waals surface area contributed by atoms with Gasteiger partial charge in [-0.1, -0.05) is 6.92 Å². The van der Waals surface area contributed by atoms with E-state index in [9.17, 15) is 8.78 Å². The molecule has 3 aromatic heterocycles. The number of rotatable bonds is 6. The highest BCUT2D eigenvalue weighted by Crippen LogP contribution is 2.38. The third-order valence-electron chi connectivity index (χ3n) is 7.16. The minimum Gasteiger partial charge on any atom is -0.497 e. The molecule has 4 atom stereocenters. The standard InChI is InChI=1S/C27H29F2N5O2/c1-15-8-16(9-23(30)27(15)36-3)20-6-7-31-13-17(20)10-25-32-14-18-4-5-24(33-34(18)25)26-21(28)11-19(35-2)12-22(26)29/h4-7,11-16,23,27H,8-10,30H2,1-3H3/t15-,16+,23+,27+/m0/s1. The molecule has 2 N–H and O–H groups in total. The van der Waals surface area contributed by atoms with Crippen molar-refractivity contribution in [2.75, 3.05) is 14.2 Å². The monoisotopic (exact) mass is 493 g/mol. The lowest BCUT2D eigenvalue weighted by Gasteiger charge is -2.38. The molecule has 7 nitrogen and oxygen atoms in total. The van der Waals surface area contributed by atoms with Crippen LogP contribution in [-0.4, -0.2) is 45.9 Å². The highest BCUT2D eigenvalue weighted by molar-refractivity contribution is 5.63. The van der Waals surface area contributed by atoms with Crippen LogP contribution < -0.4 is 10.5 Å². The van der Waals surface area contributed by atoms with Gasteiger partial charge in [-0.15, -0.1) is 0 Å². The molecule has 1 aliphatic carbocycles. The summed E-state index contributed by atoms with van der Waals surface area (Å²) in [5.74, 6) is -0.125. The van der Waals surface area contributed by atoms with E-state index in [0.29, 0.717) is 18.2 Å². The summed E-state index contributed by atoms with van der Waals surface area (Å²) in [7, 11) is 3.08. The van der Waals surface area contributed by atoms with Crippen molar-refractivity contribution in [3.05, 3.63) is 77.5 Å². The Morgan fingerprint density at radius 1 is 1.08 bits per heavy atom. The van der Waals surface area contributed by atoms with Crippen LogP contribution in [0.4, 0.5) is 8.78 Å². The van der Waals surface area contributed by atoms with Crippen LogP contribution in [0.1, 0.15) is 42.6 Å². The van der Waals surface area contributed by atoms with Gasteiger partial charge in [0.15, 0.2) is 0 Å². The first kappa shape index (κ1) is 24.3. The Morgan fingerprint density at radius 2 is 1.86 bits per heavy atom. The Labute approximate surface area is 208 Å². The molecular formula is C27H29F2N5O2. The van der Waals surface area contributed by atoms with Crippen LogP contribution in [0.3, 0.4) is 0 Å². The van der Waals surface area contributed by atoms with E-state index < -0.39 is 11.6 Å². The predicted octanol–water partition coefficient (Wildman–Crippen LogP) is 4.52. The van der Waals surface area contributed by atoms with E-state index in [1.165, 1.54) is 12.7 Å². The summed E-state index contributed by atoms with van der Waals surface area (Å²) in [6.45, 7) is 2.17. The highest BCUT2D eigenvalue weighted by atomic mass is 19.1. The molecule has 1 fully saturated rings. The average molecular weight is 494 g/mol. The lowest BCUT2D eigenvalue weighted by Crippen LogP contribution is -2.45. The second-order valence-electron chi connectivity index (χ2n) is 9.46. The molecule has 0 amide bonds. The minimum atomic E-state index is -0.743. The summed E-state index contributed by atoms with van der Waals surface area (Å²) in [6.07, 6.45) is 7.64. The summed E-state index contributed by atoms with van der Waals surface area (Å²) in [5.41, 5.74) is 9.34. The minimum absolute atomic E-state index is 0.0455. The fourth-order valence-electron chi connectivity index (χ4n) is 5.48. The fraction of sp³-hybridized carbons (Fsp3) is 0.370. The third kappa shape index (κ3) is 4.44. The average Bonchev–Trinajstić information content (AvgIpc) is 3.25. The Bertz CT molecular complexity index is 1360. The van der Waals surface area contributed by atoms with Crippen LogP contribution in [0.5, 0.6) is 5.75 Å². The SMILES string of the molecule is COc1cc(F)c(-c2ccc3cnc(Cc4cnccc4[C@H]4C[C@@H](N)[C@H](OC)[C@@H](C)C4)n3n2)c(F)c1. The van der Waals surface area contributed by atoms with Crippen molar-refractivity contribution in [1.82, 2.24) is 19.6 Å². The zero-order valence-corrected chi connectivity index (χ0v) is 20.5. The molecule has 0 bridgehead atoms. The van der Waals surface area contributed by atoms with Gasteiger partial charge in [-0.05, 0) is 54.0 Å². The van der Waals surface area contributed by atoms with Gasteiger partial charge < -0.3 is 15.2 Å². The molecule has 0 spiro atoms. The van der Waals surface area contributed by atoms with Gasteiger partial charge in [0, 0.05) is 44.1 Å². The number of hydrogen-bond donors (Lipinski definition) is 1. The molecule has 0 radical (unpaired) electrons. The second-order valence-corrected chi connectivity index (χ2v) is 9.46. The summed E-state index contributed by atoms with van der Waals surface area (Å²) in [5, 5.41) is 4.54. The number of hydrogen-bond acceptors (Lipinski definition) is 6. The van der Waals surface area contributed by atoms with Crippen LogP contribution >= 0.6 is 0 Å². The Hall–Kier alpha value is -3.43. The van der Waals surface area contributed by atoms with Gasteiger partial charge in [0.05, 0.1) is 36.2 Å². The second kappa shape index (κ2) is 9.91. The largest absolute Gasteiger partial charge is 0.497 e. The van der Waals surface area contributed by atoms with E-state index >= 15 is 0 Å². The summed E-state index contributed by atoms with van der Waals surface area (Å²) >= 11 is 0. The van der Waals surface area contributed by atoms with Crippen LogP contribution in [0.25, 0.3) is 16.8 Å². The van der Waals surface area contributed by atoms with E-state index in [-0.39, 0.29) is 35.1 Å². The number of ether oxygens (including phenoxy) is 2. The lowest BCUT2D eigenvalue weighted by atomic mass is 9.74. The first-order valence-electron chi connectivity index (χ1n) is 12.0. The molecule has 36 heavy (non-hydrogen) atoms. The Kier molecular flexibility index (Phi) is 6.68. The van der Waals surface area contributed by atoms with Gasteiger partial charge >= 0.3 is 0 Å². The molecule has 3 heterocycles. The number of pyridine rings is 1. The predicted molar refractivity (Wildman–Crippen MR) is 132 cm³/mol. The molecule has 0 unspecified atom stereocenters. The van der Waals surface area contributed by atoms with Crippen molar-refractivity contribution in [3.8, 4) is 17.0 Å². The van der Waals surface area contributed by atoms with Crippen LogP contribution in [0, 0.1) is 17.6 Å². The van der Waals surface area contributed by atoms with E-state index in [2.05, 4.69) is 22.0 Å². The van der Waals surface area contributed by atoms with Crippen molar-refractivity contribution >= 4 is 5.52 Å². The molecule has 5 rings (SSSR count). The maximum Gasteiger partial charge on any atom is 0.139 e. The zero-order chi connectivity index (χ0) is 25.4. The number of aromatic nitrogens is 4. The van der Waals surface area contributed by atoms with Crippen LogP contribution in [0.2, 0.25) is 0 Å². The van der Waals surface area contributed by atoms with Crippen molar-refractivity contribution in [2.24, 2.45) is 11.7 Å². The Balaban J connectivity index is 1.49. The summed E-state index contributed by atoms with van der Waals surface area (Å²) in [6, 6.07) is 7.62. The zero-order valence-electron chi connectivity index (χ0n) is 20.5. The van der Waals surface area contributed by atoms with E-state index in [4.69, 9.17) is 15.2 Å². The topological polar surface area (TPSA) is 87.6 Å². The maximum absolute atomic E-state index is 14.7. The highest BCUT2D eigenvalue weighted by Gasteiger charge is 2.35. The van der Waals surface area contributed by atoms with Gasteiger partial charge in [-0.2, -0.15) is 5.10 Å². The third-order valence-corrected chi connectivity index (χ3v) is 7.16. The maximum atomic E-state index is 14.7. The molecule has 9 heteroatoms. The van der Waals surface area contributed by atoms with Crippen molar-refractivity contribution in [3.63, 3.8) is 0 Å². The number of imidazole rings is 1. The molecular weight excluding hydrogens is 464 g/mol. The number of nitrogens with two attached hydrogens (primary N) is 1. The number of benzene rings is 1. The van der Waals surface area contributed by atoms with Crippen molar-refractivity contribution in [1.29, 1.82) is 0 Å². The molecule has 1 saturated carbocycles. The van der Waals surface area contributed by atoms with Gasteiger partial charge in [-0.25, -0.2) is 18.3 Å². The van der Waals surface area contributed by atoms with Crippen molar-refractivity contribution < 1.29 is 18.3 Å². The molecule has 1 aliphatic rings. The van der Waals surface area contributed by atoms with Crippen molar-refractivity contribution in [2.45, 2.75) is 44.2 Å². The molecule has 188 valence electrons. The smallest absolute Gasteiger partial charge is 0.139 e. The molecule has 0 aliphatic heterocycles. The number of nitrogens with zero attached hydrogens (tertiary/aromatic N) is 4. The molecule has 4 aromatic rings. The van der Waals surface area contributed by atoms with Gasteiger partial charge in [0.1, 0.15) is 23.2 Å². The number of methoxy groups -OCH3 is 2. The first-order valence-corrected chi connectivity index (χ1v) is 12.0. The van der Waals surface area contributed by atoms with E-state index in [0.717, 1.165) is 36.1 Å². The van der Waals surface area contributed by atoms with Crippen LogP contribution in [0.15, 0.2) is 48.9 Å². The number of fused-ring (bicyclic) bond motifs is 1. The lowest BCUT2D eigenvalue weighted by molar-refractivity contribution is 0.00970. The summed E-state index contributed by atoms with van der Waals surface area (Å²) in [4.78, 5) is 8.91. The normalized spacial score (nSPS) is 22.2. The summed E-state index contributed by atoms with van der Waals surface area (Å²) < 4.78 is 41.7.